The van der Waals surface area contributed by atoms with Crippen molar-refractivity contribution >= 4 is 17.8 Å². The first-order chi connectivity index (χ1) is 8.59. The molecule has 2 aliphatic rings. The molecule has 18 heavy (non-hydrogen) atoms. The highest BCUT2D eigenvalue weighted by Crippen LogP contribution is 2.40. The Morgan fingerprint density at radius 3 is 2.89 bits per heavy atom. The van der Waals surface area contributed by atoms with E-state index in [0.29, 0.717) is 6.42 Å². The quantitative estimate of drug-likeness (QED) is 0.662. The Morgan fingerprint density at radius 1 is 1.44 bits per heavy atom. The van der Waals surface area contributed by atoms with Crippen LogP contribution in [0.3, 0.4) is 0 Å². The molecule has 2 heterocycles. The number of anilines is 1. The second-order valence-electron chi connectivity index (χ2n) is 4.44. The first-order valence-electron chi connectivity index (χ1n) is 5.56. The molecule has 0 radical (unpaired) electrons. The van der Waals surface area contributed by atoms with Crippen LogP contribution < -0.4 is 5.32 Å². The van der Waals surface area contributed by atoms with Gasteiger partial charge in [-0.1, -0.05) is 12.2 Å². The topological polar surface area (TPSA) is 104 Å². The van der Waals surface area contributed by atoms with E-state index < -0.39 is 18.0 Å². The van der Waals surface area contributed by atoms with Crippen LogP contribution in [0.1, 0.15) is 22.8 Å². The van der Waals surface area contributed by atoms with Gasteiger partial charge in [-0.3, -0.25) is 0 Å². The van der Waals surface area contributed by atoms with Crippen molar-refractivity contribution in [3.63, 3.8) is 0 Å². The number of nitrogens with one attached hydrogen (secondary N) is 1. The Morgan fingerprint density at radius 2 is 2.22 bits per heavy atom. The number of allylic oxidation sites excluding steroid dienone is 2. The molecule has 0 saturated carbocycles. The summed E-state index contributed by atoms with van der Waals surface area (Å²) in [5, 5.41) is 25.1. The maximum absolute atomic E-state index is 11.2. The average molecular weight is 249 g/mol. The fourth-order valence-corrected chi connectivity index (χ4v) is 2.64. The summed E-state index contributed by atoms with van der Waals surface area (Å²) in [5.41, 5.74) is 0. The van der Waals surface area contributed by atoms with Crippen LogP contribution in [-0.4, -0.2) is 38.0 Å². The van der Waals surface area contributed by atoms with Gasteiger partial charge >= 0.3 is 11.9 Å². The smallest absolute Gasteiger partial charge is 0.341 e. The molecule has 1 aromatic rings. The standard InChI is InChI=1S/C11H11N3O4/c15-10(16)6-4-12-14-7-3-1-2-5(7)8(11(17)18)13-9(6)14/h1,3-5,7-8,13H,2H2,(H,15,16)(H,17,18). The molecule has 94 valence electrons. The van der Waals surface area contributed by atoms with Gasteiger partial charge in [0.1, 0.15) is 17.4 Å². The predicted molar refractivity (Wildman–Crippen MR) is 60.5 cm³/mol. The number of nitrogens with zero attached hydrogens (tertiary/aromatic N) is 2. The summed E-state index contributed by atoms with van der Waals surface area (Å²) in [4.78, 5) is 22.3. The summed E-state index contributed by atoms with van der Waals surface area (Å²) < 4.78 is 1.55. The highest BCUT2D eigenvalue weighted by molar-refractivity contribution is 5.94. The van der Waals surface area contributed by atoms with Crippen molar-refractivity contribution in [2.45, 2.75) is 18.5 Å². The largest absolute Gasteiger partial charge is 0.480 e. The molecule has 0 saturated heterocycles. The van der Waals surface area contributed by atoms with Gasteiger partial charge in [0.2, 0.25) is 0 Å². The third-order valence-corrected chi connectivity index (χ3v) is 3.47. The van der Waals surface area contributed by atoms with Crippen molar-refractivity contribution in [2.24, 2.45) is 5.92 Å². The van der Waals surface area contributed by atoms with Crippen LogP contribution in [0, 0.1) is 5.92 Å². The fraction of sp³-hybridized carbons (Fsp3) is 0.364. The molecule has 0 aromatic carbocycles. The van der Waals surface area contributed by atoms with Crippen LogP contribution in [0.15, 0.2) is 18.3 Å². The number of aromatic nitrogens is 2. The number of rotatable bonds is 2. The van der Waals surface area contributed by atoms with Gasteiger partial charge in [-0.15, -0.1) is 0 Å². The number of hydrogen-bond donors (Lipinski definition) is 3. The number of carboxylic acid groups (broad SMARTS) is 2. The maximum Gasteiger partial charge on any atom is 0.341 e. The van der Waals surface area contributed by atoms with Crippen molar-refractivity contribution < 1.29 is 19.8 Å². The van der Waals surface area contributed by atoms with E-state index in [2.05, 4.69) is 10.4 Å². The number of aliphatic carboxylic acids is 1. The second kappa shape index (κ2) is 3.59. The Hall–Kier alpha value is -2.31. The second-order valence-corrected chi connectivity index (χ2v) is 4.44. The Labute approximate surface area is 102 Å². The Bertz CT molecular complexity index is 563. The van der Waals surface area contributed by atoms with Crippen LogP contribution >= 0.6 is 0 Å². The van der Waals surface area contributed by atoms with Crippen molar-refractivity contribution in [3.05, 3.63) is 23.9 Å². The number of carboxylic acids is 2. The van der Waals surface area contributed by atoms with Gasteiger partial charge in [0.25, 0.3) is 0 Å². The van der Waals surface area contributed by atoms with Crippen LogP contribution in [0.25, 0.3) is 0 Å². The van der Waals surface area contributed by atoms with Gasteiger partial charge < -0.3 is 15.5 Å². The monoisotopic (exact) mass is 249 g/mol. The molecular formula is C11H11N3O4. The zero-order valence-corrected chi connectivity index (χ0v) is 9.28. The van der Waals surface area contributed by atoms with E-state index in [-0.39, 0.29) is 23.3 Å². The summed E-state index contributed by atoms with van der Waals surface area (Å²) in [6, 6.07) is -0.970. The zero-order chi connectivity index (χ0) is 12.9. The molecule has 0 bridgehead atoms. The molecule has 3 unspecified atom stereocenters. The van der Waals surface area contributed by atoms with E-state index in [1.807, 2.05) is 12.2 Å². The van der Waals surface area contributed by atoms with E-state index >= 15 is 0 Å². The zero-order valence-electron chi connectivity index (χ0n) is 9.28. The van der Waals surface area contributed by atoms with Gasteiger partial charge in [0.15, 0.2) is 0 Å². The van der Waals surface area contributed by atoms with Crippen molar-refractivity contribution in [1.29, 1.82) is 0 Å². The highest BCUT2D eigenvalue weighted by Gasteiger charge is 2.42. The Kier molecular flexibility index (Phi) is 2.16. The highest BCUT2D eigenvalue weighted by atomic mass is 16.4. The molecule has 7 nitrogen and oxygen atoms in total. The molecule has 3 atom stereocenters. The number of carbonyl (C=O) groups is 2. The lowest BCUT2D eigenvalue weighted by molar-refractivity contribution is -0.139. The fourth-order valence-electron chi connectivity index (χ4n) is 2.64. The van der Waals surface area contributed by atoms with Crippen molar-refractivity contribution in [3.8, 4) is 0 Å². The van der Waals surface area contributed by atoms with Gasteiger partial charge in [-0.05, 0) is 6.42 Å². The SMILES string of the molecule is O=C(O)c1cnn2c1NC(C(=O)O)C1CC=CC12. The van der Waals surface area contributed by atoms with Gasteiger partial charge in [-0.2, -0.15) is 5.10 Å². The Balaban J connectivity index is 2.10. The molecule has 3 N–H and O–H groups in total. The number of aromatic carboxylic acids is 1. The van der Waals surface area contributed by atoms with E-state index in [1.54, 1.807) is 4.68 Å². The summed E-state index contributed by atoms with van der Waals surface area (Å²) in [5.74, 6) is -1.95. The normalized spacial score (nSPS) is 28.3. The van der Waals surface area contributed by atoms with Crippen LogP contribution in [0.2, 0.25) is 0 Å². The van der Waals surface area contributed by atoms with Crippen LogP contribution in [0.5, 0.6) is 0 Å². The first kappa shape index (κ1) is 10.8. The molecule has 7 heteroatoms. The summed E-state index contributed by atoms with van der Waals surface area (Å²) in [6.07, 6.45) is 5.68. The maximum atomic E-state index is 11.2. The van der Waals surface area contributed by atoms with Crippen LogP contribution in [-0.2, 0) is 4.79 Å². The summed E-state index contributed by atoms with van der Waals surface area (Å²) in [7, 11) is 0. The molecule has 0 amide bonds. The van der Waals surface area contributed by atoms with Gasteiger partial charge in [0, 0.05) is 5.92 Å². The molecule has 0 spiro atoms. The minimum Gasteiger partial charge on any atom is -0.480 e. The number of hydrogen-bond acceptors (Lipinski definition) is 4. The van der Waals surface area contributed by atoms with E-state index in [4.69, 9.17) is 5.11 Å². The molecule has 1 aromatic heterocycles. The first-order valence-corrected chi connectivity index (χ1v) is 5.56. The van der Waals surface area contributed by atoms with E-state index in [0.717, 1.165) is 0 Å². The molecule has 3 rings (SSSR count). The third-order valence-electron chi connectivity index (χ3n) is 3.47. The molecule has 1 aliphatic heterocycles. The van der Waals surface area contributed by atoms with E-state index in [1.165, 1.54) is 6.20 Å². The molecular weight excluding hydrogens is 238 g/mol. The predicted octanol–water partition coefficient (Wildman–Crippen LogP) is 0.577. The summed E-state index contributed by atoms with van der Waals surface area (Å²) in [6.45, 7) is 0. The summed E-state index contributed by atoms with van der Waals surface area (Å²) >= 11 is 0. The minimum absolute atomic E-state index is 0. The number of fused-ring (bicyclic) bond motifs is 3. The minimum atomic E-state index is -1.12. The molecule has 0 fully saturated rings. The van der Waals surface area contributed by atoms with E-state index in [9.17, 15) is 14.7 Å². The molecule has 1 aliphatic carbocycles. The lowest BCUT2D eigenvalue weighted by atomic mass is 9.91. The third kappa shape index (κ3) is 1.33. The average Bonchev–Trinajstić information content (AvgIpc) is 2.93. The lowest BCUT2D eigenvalue weighted by Gasteiger charge is -2.33. The van der Waals surface area contributed by atoms with Crippen LogP contribution in [0.4, 0.5) is 5.82 Å². The van der Waals surface area contributed by atoms with Crippen molar-refractivity contribution in [2.75, 3.05) is 5.32 Å². The van der Waals surface area contributed by atoms with Crippen molar-refractivity contribution in [1.82, 2.24) is 9.78 Å². The lowest BCUT2D eigenvalue weighted by Crippen LogP contribution is -2.44. The van der Waals surface area contributed by atoms with Gasteiger partial charge in [-0.25, -0.2) is 14.3 Å². The van der Waals surface area contributed by atoms with Gasteiger partial charge in [0.05, 0.1) is 12.2 Å².